The minimum Gasteiger partial charge on any atom is -0.327 e. The first-order valence-electron chi connectivity index (χ1n) is 9.83. The van der Waals surface area contributed by atoms with Crippen LogP contribution in [0.25, 0.3) is 21.3 Å². The van der Waals surface area contributed by atoms with Gasteiger partial charge in [-0.2, -0.15) is 5.10 Å². The summed E-state index contributed by atoms with van der Waals surface area (Å²) in [5, 5.41) is 13.7. The summed E-state index contributed by atoms with van der Waals surface area (Å²) in [6.45, 7) is 1.72. The van der Waals surface area contributed by atoms with Crippen molar-refractivity contribution >= 4 is 45.6 Å². The number of anilines is 1. The van der Waals surface area contributed by atoms with Gasteiger partial charge in [-0.3, -0.25) is 9.89 Å². The van der Waals surface area contributed by atoms with Crippen molar-refractivity contribution in [2.45, 2.75) is 13.0 Å². The van der Waals surface area contributed by atoms with E-state index in [9.17, 15) is 9.59 Å². The molecule has 2 aromatic carbocycles. The number of amides is 3. The zero-order valence-corrected chi connectivity index (χ0v) is 17.4. The van der Waals surface area contributed by atoms with E-state index in [4.69, 9.17) is 0 Å². The molecule has 1 aliphatic rings. The van der Waals surface area contributed by atoms with Crippen molar-refractivity contribution in [3.05, 3.63) is 71.7 Å². The van der Waals surface area contributed by atoms with Crippen LogP contribution in [0.15, 0.2) is 71.9 Å². The van der Waals surface area contributed by atoms with E-state index in [0.717, 1.165) is 26.2 Å². The summed E-state index contributed by atoms with van der Waals surface area (Å²) in [6.07, 6.45) is 1.71. The number of thiophene rings is 1. The average molecular weight is 430 g/mol. The molecule has 3 heterocycles. The minimum absolute atomic E-state index is 0.219. The van der Waals surface area contributed by atoms with Crippen molar-refractivity contribution in [1.29, 1.82) is 0 Å². The lowest BCUT2D eigenvalue weighted by atomic mass is 9.91. The molecule has 3 amide bonds. The number of H-pyrrole nitrogens is 1. The molecule has 0 fully saturated rings. The van der Waals surface area contributed by atoms with Crippen molar-refractivity contribution in [3.63, 3.8) is 0 Å². The van der Waals surface area contributed by atoms with E-state index in [-0.39, 0.29) is 5.91 Å². The number of fused-ring (bicyclic) bond motifs is 1. The number of carbonyl (C=O) groups excluding carboxylic acids is 2. The van der Waals surface area contributed by atoms with E-state index in [1.54, 1.807) is 24.5 Å². The zero-order valence-electron chi connectivity index (χ0n) is 16.6. The van der Waals surface area contributed by atoms with Gasteiger partial charge in [-0.25, -0.2) is 9.79 Å². The first-order valence-corrected chi connectivity index (χ1v) is 10.6. The molecule has 3 N–H and O–H groups in total. The molecule has 2 atom stereocenters. The van der Waals surface area contributed by atoms with Gasteiger partial charge in [-0.15, -0.1) is 11.3 Å². The topological polar surface area (TPSA) is 99.2 Å². The normalized spacial score (nSPS) is 18.5. The van der Waals surface area contributed by atoms with E-state index < -0.39 is 18.0 Å². The van der Waals surface area contributed by atoms with Gasteiger partial charge in [0.25, 0.3) is 0 Å². The molecule has 7 nitrogen and oxygen atoms in total. The highest BCUT2D eigenvalue weighted by molar-refractivity contribution is 7.15. The smallest absolute Gasteiger partial charge is 0.327 e. The molecule has 154 valence electrons. The number of hydrogen-bond acceptors (Lipinski definition) is 4. The largest absolute Gasteiger partial charge is 0.341 e. The number of aromatic amines is 1. The lowest BCUT2D eigenvalue weighted by Crippen LogP contribution is -2.45. The van der Waals surface area contributed by atoms with Crippen molar-refractivity contribution in [1.82, 2.24) is 15.5 Å². The standard InChI is InChI=1S/C23H19N5O2S/c1-13-20(22(29)26-16-7-8-17-15(11-16)12-24-28-17)21(27-23(30)25-13)19-10-9-18(31-19)14-5-3-2-4-6-14/h2-12,20-21H,1H3,(H,24,28)(H,26,29)(H,27,30). The summed E-state index contributed by atoms with van der Waals surface area (Å²) in [4.78, 5) is 31.4. The second-order valence-electron chi connectivity index (χ2n) is 7.39. The molecule has 2 unspecified atom stereocenters. The van der Waals surface area contributed by atoms with Gasteiger partial charge in [0.2, 0.25) is 5.91 Å². The van der Waals surface area contributed by atoms with Gasteiger partial charge in [-0.05, 0) is 42.8 Å². The third-order valence-corrected chi connectivity index (χ3v) is 6.54. The summed E-state index contributed by atoms with van der Waals surface area (Å²) >= 11 is 1.56. The summed E-state index contributed by atoms with van der Waals surface area (Å²) in [5.41, 5.74) is 3.15. The van der Waals surface area contributed by atoms with Gasteiger partial charge in [0.15, 0.2) is 0 Å². The van der Waals surface area contributed by atoms with E-state index in [1.165, 1.54) is 0 Å². The van der Waals surface area contributed by atoms with Gasteiger partial charge in [0.05, 0.1) is 17.8 Å². The lowest BCUT2D eigenvalue weighted by molar-refractivity contribution is -0.118. The van der Waals surface area contributed by atoms with Crippen LogP contribution in [0.1, 0.15) is 17.8 Å². The molecular formula is C23H19N5O2S. The highest BCUT2D eigenvalue weighted by Gasteiger charge is 2.37. The van der Waals surface area contributed by atoms with E-state index in [1.807, 2.05) is 60.7 Å². The Bertz CT molecular complexity index is 1310. The van der Waals surface area contributed by atoms with Crippen molar-refractivity contribution in [2.24, 2.45) is 10.9 Å². The first kappa shape index (κ1) is 19.2. The molecule has 1 aliphatic heterocycles. The van der Waals surface area contributed by atoms with Crippen LogP contribution in [0.3, 0.4) is 0 Å². The van der Waals surface area contributed by atoms with E-state index >= 15 is 0 Å². The SMILES string of the molecule is CC1=NC(=O)NC(c2ccc(-c3ccccc3)s2)C1C(=O)Nc1ccc2[nH]ncc2c1. The number of aliphatic imine (C=N–C) groups is 1. The third kappa shape index (κ3) is 3.73. The first-order chi connectivity index (χ1) is 15.1. The Kier molecular flexibility index (Phi) is 4.83. The number of nitrogens with zero attached hydrogens (tertiary/aromatic N) is 2. The molecule has 0 aliphatic carbocycles. The Morgan fingerprint density at radius 1 is 1.10 bits per heavy atom. The third-order valence-electron chi connectivity index (χ3n) is 5.32. The number of benzene rings is 2. The lowest BCUT2D eigenvalue weighted by Gasteiger charge is -2.29. The van der Waals surface area contributed by atoms with Crippen LogP contribution in [0, 0.1) is 5.92 Å². The van der Waals surface area contributed by atoms with Crippen LogP contribution in [0.4, 0.5) is 10.5 Å². The number of urea groups is 1. The summed E-state index contributed by atoms with van der Waals surface area (Å²) in [7, 11) is 0. The number of nitrogens with one attached hydrogen (secondary N) is 3. The van der Waals surface area contributed by atoms with Crippen molar-refractivity contribution < 1.29 is 9.59 Å². The molecule has 0 radical (unpaired) electrons. The fourth-order valence-corrected chi connectivity index (χ4v) is 4.92. The molecule has 0 saturated heterocycles. The summed E-state index contributed by atoms with van der Waals surface area (Å²) in [5.74, 6) is -0.830. The fraction of sp³-hybridized carbons (Fsp3) is 0.130. The Morgan fingerprint density at radius 2 is 1.94 bits per heavy atom. The molecule has 8 heteroatoms. The number of rotatable bonds is 4. The quantitative estimate of drug-likeness (QED) is 0.436. The van der Waals surface area contributed by atoms with Crippen LogP contribution in [-0.2, 0) is 4.79 Å². The van der Waals surface area contributed by atoms with Crippen molar-refractivity contribution in [2.75, 3.05) is 5.32 Å². The maximum absolute atomic E-state index is 13.3. The van der Waals surface area contributed by atoms with Crippen LogP contribution in [0.5, 0.6) is 0 Å². The van der Waals surface area contributed by atoms with Gasteiger partial charge in [0.1, 0.15) is 5.92 Å². The summed E-state index contributed by atoms with van der Waals surface area (Å²) in [6, 6.07) is 18.6. The average Bonchev–Trinajstić information content (AvgIpc) is 3.43. The van der Waals surface area contributed by atoms with Gasteiger partial charge in [0, 0.05) is 26.5 Å². The fourth-order valence-electron chi connectivity index (χ4n) is 3.81. The van der Waals surface area contributed by atoms with Crippen LogP contribution < -0.4 is 10.6 Å². The maximum Gasteiger partial charge on any atom is 0.341 e. The van der Waals surface area contributed by atoms with Gasteiger partial charge < -0.3 is 10.6 Å². The molecule has 5 rings (SSSR count). The highest BCUT2D eigenvalue weighted by Crippen LogP contribution is 2.36. The number of hydrogen-bond donors (Lipinski definition) is 3. The maximum atomic E-state index is 13.3. The second kappa shape index (κ2) is 7.81. The zero-order chi connectivity index (χ0) is 21.4. The predicted octanol–water partition coefficient (Wildman–Crippen LogP) is 4.77. The van der Waals surface area contributed by atoms with Gasteiger partial charge in [-0.1, -0.05) is 30.3 Å². The monoisotopic (exact) mass is 429 g/mol. The Labute approximate surface area is 182 Å². The van der Waals surface area contributed by atoms with E-state index in [2.05, 4.69) is 25.8 Å². The second-order valence-corrected chi connectivity index (χ2v) is 8.50. The summed E-state index contributed by atoms with van der Waals surface area (Å²) < 4.78 is 0. The molecule has 2 aromatic heterocycles. The minimum atomic E-state index is -0.611. The molecule has 4 aromatic rings. The molecule has 31 heavy (non-hydrogen) atoms. The van der Waals surface area contributed by atoms with Gasteiger partial charge >= 0.3 is 6.03 Å². The number of carbonyl (C=O) groups is 2. The van der Waals surface area contributed by atoms with Crippen molar-refractivity contribution in [3.8, 4) is 10.4 Å². The van der Waals surface area contributed by atoms with E-state index in [0.29, 0.717) is 11.4 Å². The molecule has 0 bridgehead atoms. The molecular weight excluding hydrogens is 410 g/mol. The molecule has 0 spiro atoms. The van der Waals surface area contributed by atoms with Crippen LogP contribution in [0.2, 0.25) is 0 Å². The predicted molar refractivity (Wildman–Crippen MR) is 122 cm³/mol. The molecule has 0 saturated carbocycles. The van der Waals surface area contributed by atoms with Crippen LogP contribution >= 0.6 is 11.3 Å². The Balaban J connectivity index is 1.44. The Hall–Kier alpha value is -3.78. The Morgan fingerprint density at radius 3 is 2.77 bits per heavy atom. The number of aromatic nitrogens is 2. The van der Waals surface area contributed by atoms with Crippen LogP contribution in [-0.4, -0.2) is 27.8 Å². The highest BCUT2D eigenvalue weighted by atomic mass is 32.1.